The summed E-state index contributed by atoms with van der Waals surface area (Å²) in [5.41, 5.74) is -2.34. The molecule has 1 radical (unpaired) electrons. The van der Waals surface area contributed by atoms with Gasteiger partial charge in [0.15, 0.2) is 0 Å². The fraction of sp³-hybridized carbons (Fsp3) is 0.133. The van der Waals surface area contributed by atoms with E-state index in [1.165, 1.54) is 0 Å². The van der Waals surface area contributed by atoms with E-state index in [1.54, 1.807) is 4.72 Å². The number of benzene rings is 2. The Labute approximate surface area is 189 Å². The zero-order chi connectivity index (χ0) is 21.3. The molecule has 151 valence electrons. The maximum absolute atomic E-state index is 12.7. The van der Waals surface area contributed by atoms with Gasteiger partial charge in [-0.3, -0.25) is 14.9 Å². The van der Waals surface area contributed by atoms with E-state index in [1.807, 2.05) is 0 Å². The van der Waals surface area contributed by atoms with Crippen LogP contribution in [0.3, 0.4) is 0 Å². The Balaban J connectivity index is 0.00000420. The first-order chi connectivity index (χ1) is 12.8. The van der Waals surface area contributed by atoms with E-state index in [9.17, 15) is 36.5 Å². The number of halogens is 4. The van der Waals surface area contributed by atoms with Gasteiger partial charge in [0.2, 0.25) is 10.0 Å². The quantitative estimate of drug-likeness (QED) is 0.414. The van der Waals surface area contributed by atoms with Crippen LogP contribution in [-0.4, -0.2) is 55.1 Å². The normalized spacial score (nSPS) is 11.3. The van der Waals surface area contributed by atoms with Gasteiger partial charge in [-0.25, -0.2) is 13.1 Å². The van der Waals surface area contributed by atoms with Gasteiger partial charge in [-0.15, -0.1) is 0 Å². The maximum atomic E-state index is 12.7. The first-order valence-corrected chi connectivity index (χ1v) is 9.40. The van der Waals surface area contributed by atoms with Crippen molar-refractivity contribution in [3.05, 3.63) is 62.7 Å². The molecule has 0 aromatic heterocycles. The summed E-state index contributed by atoms with van der Waals surface area (Å²) in [6.07, 6.45) is -3.94. The Morgan fingerprint density at radius 1 is 1.21 bits per heavy atom. The number of ether oxygens (including phenoxy) is 1. The molecule has 1 amide bonds. The number of amides is 1. The topological polar surface area (TPSA) is 116 Å². The number of hydrogen-bond acceptors (Lipinski definition) is 6. The average molecular weight is 462 g/mol. The summed E-state index contributed by atoms with van der Waals surface area (Å²) >= 11 is 5.76. The minimum Gasteiger partial charge on any atom is -0.456 e. The molecule has 2 aromatic rings. The molecule has 29 heavy (non-hydrogen) atoms. The predicted octanol–water partition coefficient (Wildman–Crippen LogP) is 3.37. The monoisotopic (exact) mass is 461 g/mol. The molecule has 0 aliphatic rings. The molecule has 0 unspecified atom stereocenters. The number of carbonyl (C=O) groups excluding carboxylic acids is 1. The Kier molecular flexibility index (Phi) is 8.08. The van der Waals surface area contributed by atoms with Crippen molar-refractivity contribution in [2.24, 2.45) is 0 Å². The standard InChI is InChI=1S/C15H10ClF3N2O6S.Na/c1-28(25,26)20-14(22)10-7-9(3-4-12(10)21(23)24)27-13-5-2-8(6-11(13)16)15(17,18)19;/h2-7H,1H3,(H,20,22);. The zero-order valence-corrected chi connectivity index (χ0v) is 18.4. The van der Waals surface area contributed by atoms with Gasteiger partial charge in [0, 0.05) is 41.7 Å². The minimum atomic E-state index is -4.62. The number of carbonyl (C=O) groups is 1. The second kappa shape index (κ2) is 9.30. The van der Waals surface area contributed by atoms with Crippen molar-refractivity contribution < 1.29 is 36.0 Å². The number of alkyl halides is 3. The second-order valence-corrected chi connectivity index (χ2v) is 7.54. The van der Waals surface area contributed by atoms with Crippen molar-refractivity contribution in [1.29, 1.82) is 0 Å². The summed E-state index contributed by atoms with van der Waals surface area (Å²) in [5.74, 6) is -1.68. The molecule has 14 heteroatoms. The molecule has 2 aromatic carbocycles. The van der Waals surface area contributed by atoms with Crippen LogP contribution in [0.5, 0.6) is 11.5 Å². The molecule has 0 heterocycles. The minimum absolute atomic E-state index is 0. The number of rotatable bonds is 5. The number of nitrogens with one attached hydrogen (secondary N) is 1. The molecular formula is C15H10ClF3N2NaO6S. The van der Waals surface area contributed by atoms with Gasteiger partial charge < -0.3 is 4.74 Å². The van der Waals surface area contributed by atoms with Crippen molar-refractivity contribution in [1.82, 2.24) is 4.72 Å². The van der Waals surface area contributed by atoms with Crippen LogP contribution in [0.2, 0.25) is 5.02 Å². The van der Waals surface area contributed by atoms with Crippen LogP contribution in [0.25, 0.3) is 0 Å². The van der Waals surface area contributed by atoms with Crippen LogP contribution in [0, 0.1) is 10.1 Å². The third-order valence-electron chi connectivity index (χ3n) is 3.17. The van der Waals surface area contributed by atoms with Crippen LogP contribution in [-0.2, 0) is 16.2 Å². The van der Waals surface area contributed by atoms with Gasteiger partial charge >= 0.3 is 6.18 Å². The van der Waals surface area contributed by atoms with Crippen LogP contribution in [0.4, 0.5) is 18.9 Å². The van der Waals surface area contributed by atoms with Crippen molar-refractivity contribution in [2.75, 3.05) is 6.26 Å². The molecular weight excluding hydrogens is 452 g/mol. The summed E-state index contributed by atoms with van der Waals surface area (Å²) in [5, 5.41) is 10.7. The van der Waals surface area contributed by atoms with E-state index in [4.69, 9.17) is 16.3 Å². The van der Waals surface area contributed by atoms with Gasteiger partial charge in [0.05, 0.1) is 21.8 Å². The number of nitro groups is 1. The Hall–Kier alpha value is -1.86. The van der Waals surface area contributed by atoms with Crippen molar-refractivity contribution in [3.63, 3.8) is 0 Å². The van der Waals surface area contributed by atoms with Crippen molar-refractivity contribution in [2.45, 2.75) is 6.18 Å². The maximum Gasteiger partial charge on any atom is 0.416 e. The van der Waals surface area contributed by atoms with Gasteiger partial charge in [-0.05, 0) is 24.3 Å². The third kappa shape index (κ3) is 6.85. The smallest absolute Gasteiger partial charge is 0.416 e. The van der Waals surface area contributed by atoms with Crippen molar-refractivity contribution >= 4 is 62.8 Å². The largest absolute Gasteiger partial charge is 0.456 e. The van der Waals surface area contributed by atoms with Gasteiger partial charge in [-0.1, -0.05) is 11.6 Å². The van der Waals surface area contributed by atoms with Gasteiger partial charge in [0.25, 0.3) is 11.6 Å². The van der Waals surface area contributed by atoms with E-state index < -0.39 is 48.9 Å². The fourth-order valence-electron chi connectivity index (χ4n) is 2.03. The fourth-order valence-corrected chi connectivity index (χ4v) is 2.70. The second-order valence-electron chi connectivity index (χ2n) is 5.38. The molecule has 0 atom stereocenters. The third-order valence-corrected chi connectivity index (χ3v) is 4.03. The summed E-state index contributed by atoms with van der Waals surface area (Å²) in [6.45, 7) is 0. The molecule has 0 bridgehead atoms. The molecule has 0 saturated carbocycles. The number of sulfonamides is 1. The summed E-state index contributed by atoms with van der Waals surface area (Å²) < 4.78 is 67.2. The first kappa shape index (κ1) is 25.2. The molecule has 1 N–H and O–H groups in total. The van der Waals surface area contributed by atoms with Crippen LogP contribution < -0.4 is 9.46 Å². The van der Waals surface area contributed by atoms with E-state index in [-0.39, 0.29) is 41.1 Å². The molecule has 0 spiro atoms. The van der Waals surface area contributed by atoms with Gasteiger partial charge in [0.1, 0.15) is 17.1 Å². The predicted molar refractivity (Wildman–Crippen MR) is 97.7 cm³/mol. The molecule has 8 nitrogen and oxygen atoms in total. The first-order valence-electron chi connectivity index (χ1n) is 7.13. The number of hydrogen-bond donors (Lipinski definition) is 1. The molecule has 2 rings (SSSR count). The van der Waals surface area contributed by atoms with E-state index >= 15 is 0 Å². The Morgan fingerprint density at radius 3 is 2.31 bits per heavy atom. The van der Waals surface area contributed by atoms with Crippen molar-refractivity contribution in [3.8, 4) is 11.5 Å². The Morgan fingerprint density at radius 2 is 1.83 bits per heavy atom. The molecule has 0 saturated heterocycles. The van der Waals surface area contributed by atoms with Crippen LogP contribution in [0.15, 0.2) is 36.4 Å². The van der Waals surface area contributed by atoms with E-state index in [0.29, 0.717) is 18.4 Å². The summed E-state index contributed by atoms with van der Waals surface area (Å²) in [4.78, 5) is 22.2. The van der Waals surface area contributed by atoms with Crippen LogP contribution in [0.1, 0.15) is 15.9 Å². The molecule has 0 aliphatic heterocycles. The van der Waals surface area contributed by atoms with Gasteiger partial charge in [-0.2, -0.15) is 13.2 Å². The van der Waals surface area contributed by atoms with E-state index in [0.717, 1.165) is 24.3 Å². The summed E-state index contributed by atoms with van der Waals surface area (Å²) in [6, 6.07) is 5.09. The number of nitro benzene ring substituents is 1. The Bertz CT molecular complexity index is 1060. The van der Waals surface area contributed by atoms with Crippen LogP contribution >= 0.6 is 11.6 Å². The zero-order valence-electron chi connectivity index (χ0n) is 14.8. The van der Waals surface area contributed by atoms with E-state index in [2.05, 4.69) is 0 Å². The SMILES string of the molecule is CS(=O)(=O)NC(=O)c1cc(Oc2ccc(C(F)(F)F)cc2Cl)ccc1[N+](=O)[O-].[Na]. The molecule has 0 fully saturated rings. The molecule has 0 aliphatic carbocycles. The summed E-state index contributed by atoms with van der Waals surface area (Å²) in [7, 11) is -4.00. The number of nitrogens with zero attached hydrogens (tertiary/aromatic N) is 1. The average Bonchev–Trinajstić information content (AvgIpc) is 2.54.